The molecular formula is C31H38O2. The lowest BCUT2D eigenvalue weighted by Crippen LogP contribution is -2.50. The van der Waals surface area contributed by atoms with Gasteiger partial charge in [-0.3, -0.25) is 0 Å². The van der Waals surface area contributed by atoms with E-state index in [1.165, 1.54) is 57.8 Å². The molecule has 2 heteroatoms. The predicted octanol–water partition coefficient (Wildman–Crippen LogP) is 7.00. The molecule has 0 radical (unpaired) electrons. The SMILES string of the molecule is OC(C#CC1(OC2CCCCCCC2)CC2CCC1CC2)(c1ccccc1)c1ccccc1. The summed E-state index contributed by atoms with van der Waals surface area (Å²) in [5.41, 5.74) is -0.101. The topological polar surface area (TPSA) is 29.5 Å². The van der Waals surface area contributed by atoms with Crippen molar-refractivity contribution in [2.24, 2.45) is 11.8 Å². The number of benzene rings is 2. The van der Waals surface area contributed by atoms with Gasteiger partial charge >= 0.3 is 0 Å². The van der Waals surface area contributed by atoms with Gasteiger partial charge < -0.3 is 9.84 Å². The van der Waals surface area contributed by atoms with Crippen LogP contribution in [0.2, 0.25) is 0 Å². The Morgan fingerprint density at radius 1 is 0.727 bits per heavy atom. The van der Waals surface area contributed by atoms with Gasteiger partial charge in [0.2, 0.25) is 0 Å². The first-order valence-corrected chi connectivity index (χ1v) is 13.2. The van der Waals surface area contributed by atoms with E-state index in [0.29, 0.717) is 17.9 Å². The molecule has 1 N–H and O–H groups in total. The third-order valence-corrected chi connectivity index (χ3v) is 8.37. The van der Waals surface area contributed by atoms with Crippen molar-refractivity contribution in [2.45, 2.75) is 94.4 Å². The van der Waals surface area contributed by atoms with Gasteiger partial charge in [-0.15, -0.1) is 0 Å². The fourth-order valence-corrected chi connectivity index (χ4v) is 6.46. The third-order valence-electron chi connectivity index (χ3n) is 8.37. The van der Waals surface area contributed by atoms with Gasteiger partial charge in [0.25, 0.3) is 0 Å². The zero-order valence-corrected chi connectivity index (χ0v) is 19.8. The van der Waals surface area contributed by atoms with E-state index in [1.54, 1.807) is 0 Å². The van der Waals surface area contributed by atoms with E-state index >= 15 is 0 Å². The van der Waals surface area contributed by atoms with Crippen molar-refractivity contribution in [1.82, 2.24) is 0 Å². The van der Waals surface area contributed by atoms with E-state index in [9.17, 15) is 5.11 Å². The molecule has 2 bridgehead atoms. The van der Waals surface area contributed by atoms with Gasteiger partial charge in [-0.25, -0.2) is 0 Å². The minimum atomic E-state index is -1.34. The maximum atomic E-state index is 12.0. The van der Waals surface area contributed by atoms with Gasteiger partial charge in [0, 0.05) is 11.1 Å². The van der Waals surface area contributed by atoms with Crippen LogP contribution in [0.3, 0.4) is 0 Å². The van der Waals surface area contributed by atoms with Gasteiger partial charge in [-0.05, 0) is 56.8 Å². The first kappa shape index (κ1) is 22.7. The zero-order valence-electron chi connectivity index (χ0n) is 19.8. The summed E-state index contributed by atoms with van der Waals surface area (Å²) < 4.78 is 7.07. The maximum absolute atomic E-state index is 12.0. The molecule has 0 spiro atoms. The number of fused-ring (bicyclic) bond motifs is 3. The summed E-state index contributed by atoms with van der Waals surface area (Å²) in [6.45, 7) is 0. The molecule has 6 rings (SSSR count). The van der Waals surface area contributed by atoms with Crippen LogP contribution >= 0.6 is 0 Å². The molecule has 0 aromatic heterocycles. The summed E-state index contributed by atoms with van der Waals surface area (Å²) in [5.74, 6) is 8.28. The summed E-state index contributed by atoms with van der Waals surface area (Å²) >= 11 is 0. The first-order chi connectivity index (χ1) is 16.2. The van der Waals surface area contributed by atoms with Crippen molar-refractivity contribution in [2.75, 3.05) is 0 Å². The number of ether oxygens (including phenoxy) is 1. The lowest BCUT2D eigenvalue weighted by Gasteiger charge is -2.50. The normalized spacial score (nSPS) is 28.4. The molecule has 33 heavy (non-hydrogen) atoms. The standard InChI is InChI=1S/C31H38O2/c32-31(27-12-6-4-7-13-27,28-14-8-5-9-15-28)23-22-30(24-25-18-20-26(30)21-19-25)33-29-16-10-2-1-3-11-17-29/h4-9,12-15,25-26,29,32H,1-3,10-11,16-21,24H2. The molecule has 0 aliphatic heterocycles. The minimum absolute atomic E-state index is 0.306. The van der Waals surface area contributed by atoms with E-state index < -0.39 is 11.2 Å². The van der Waals surface area contributed by atoms with E-state index in [-0.39, 0.29) is 0 Å². The second kappa shape index (κ2) is 10.0. The van der Waals surface area contributed by atoms with Crippen LogP contribution in [0.25, 0.3) is 0 Å². The fraction of sp³-hybridized carbons (Fsp3) is 0.548. The molecule has 4 aliphatic rings. The second-order valence-corrected chi connectivity index (χ2v) is 10.6. The van der Waals surface area contributed by atoms with Crippen LogP contribution in [-0.2, 0) is 10.3 Å². The highest BCUT2D eigenvalue weighted by molar-refractivity contribution is 5.45. The maximum Gasteiger partial charge on any atom is 0.176 e. The largest absolute Gasteiger partial charge is 0.369 e. The highest BCUT2D eigenvalue weighted by Gasteiger charge is 2.49. The Morgan fingerprint density at radius 3 is 1.79 bits per heavy atom. The van der Waals surface area contributed by atoms with E-state index in [1.807, 2.05) is 60.7 Å². The molecule has 0 saturated heterocycles. The highest BCUT2D eigenvalue weighted by Crippen LogP contribution is 2.50. The zero-order chi connectivity index (χ0) is 22.6. The molecular weight excluding hydrogens is 404 g/mol. The minimum Gasteiger partial charge on any atom is -0.369 e. The molecule has 0 heterocycles. The average Bonchev–Trinajstić information content (AvgIpc) is 2.86. The van der Waals surface area contributed by atoms with Crippen molar-refractivity contribution in [3.63, 3.8) is 0 Å². The van der Waals surface area contributed by atoms with Gasteiger partial charge in [-0.2, -0.15) is 0 Å². The lowest BCUT2D eigenvalue weighted by molar-refractivity contribution is -0.143. The van der Waals surface area contributed by atoms with Crippen LogP contribution in [0.4, 0.5) is 0 Å². The Morgan fingerprint density at radius 2 is 1.27 bits per heavy atom. The second-order valence-electron chi connectivity index (χ2n) is 10.6. The van der Waals surface area contributed by atoms with Crippen molar-refractivity contribution in [3.05, 3.63) is 71.8 Å². The number of rotatable bonds is 4. The van der Waals surface area contributed by atoms with Gasteiger partial charge in [-0.1, -0.05) is 105 Å². The third kappa shape index (κ3) is 4.91. The molecule has 174 valence electrons. The predicted molar refractivity (Wildman–Crippen MR) is 134 cm³/mol. The van der Waals surface area contributed by atoms with Crippen LogP contribution in [-0.4, -0.2) is 16.8 Å². The highest BCUT2D eigenvalue weighted by atomic mass is 16.5. The molecule has 1 atom stereocenters. The van der Waals surface area contributed by atoms with E-state index in [0.717, 1.165) is 30.4 Å². The smallest absolute Gasteiger partial charge is 0.176 e. The Hall–Kier alpha value is -2.08. The monoisotopic (exact) mass is 442 g/mol. The summed E-state index contributed by atoms with van der Waals surface area (Å²) in [7, 11) is 0. The van der Waals surface area contributed by atoms with E-state index in [4.69, 9.17) is 4.74 Å². The van der Waals surface area contributed by atoms with Crippen LogP contribution in [0.15, 0.2) is 60.7 Å². The van der Waals surface area contributed by atoms with Gasteiger partial charge in [0.1, 0.15) is 5.60 Å². The van der Waals surface area contributed by atoms with Crippen molar-refractivity contribution >= 4 is 0 Å². The van der Waals surface area contributed by atoms with E-state index in [2.05, 4.69) is 11.8 Å². The van der Waals surface area contributed by atoms with Crippen LogP contribution in [0, 0.1) is 23.7 Å². The summed E-state index contributed by atoms with van der Waals surface area (Å²) in [5, 5.41) is 12.0. The van der Waals surface area contributed by atoms with Gasteiger partial charge in [0.05, 0.1) is 6.10 Å². The Labute approximate surface area is 199 Å². The first-order valence-electron chi connectivity index (χ1n) is 13.2. The van der Waals surface area contributed by atoms with Crippen molar-refractivity contribution < 1.29 is 9.84 Å². The Kier molecular flexibility index (Phi) is 6.91. The van der Waals surface area contributed by atoms with Crippen LogP contribution < -0.4 is 0 Å². The molecule has 2 nitrogen and oxygen atoms in total. The summed E-state index contributed by atoms with van der Waals surface area (Å²) in [4.78, 5) is 0. The van der Waals surface area contributed by atoms with Crippen LogP contribution in [0.1, 0.15) is 88.2 Å². The summed E-state index contributed by atoms with van der Waals surface area (Å²) in [6, 6.07) is 19.8. The Balaban J connectivity index is 1.53. The molecule has 4 fully saturated rings. The Bertz CT molecular complexity index is 901. The number of aliphatic hydroxyl groups is 1. The molecule has 4 aliphatic carbocycles. The van der Waals surface area contributed by atoms with Crippen molar-refractivity contribution in [3.8, 4) is 11.8 Å². The molecule has 2 aromatic rings. The number of hydrogen-bond acceptors (Lipinski definition) is 2. The summed E-state index contributed by atoms with van der Waals surface area (Å²) in [6.07, 6.45) is 15.2. The van der Waals surface area contributed by atoms with Crippen molar-refractivity contribution in [1.29, 1.82) is 0 Å². The average molecular weight is 443 g/mol. The lowest BCUT2D eigenvalue weighted by atomic mass is 9.62. The quantitative estimate of drug-likeness (QED) is 0.516. The number of hydrogen-bond donors (Lipinski definition) is 1. The fourth-order valence-electron chi connectivity index (χ4n) is 6.46. The molecule has 1 unspecified atom stereocenters. The molecule has 4 saturated carbocycles. The molecule has 2 aromatic carbocycles. The van der Waals surface area contributed by atoms with Crippen LogP contribution in [0.5, 0.6) is 0 Å². The molecule has 0 amide bonds. The van der Waals surface area contributed by atoms with Gasteiger partial charge in [0.15, 0.2) is 5.60 Å².